The van der Waals surface area contributed by atoms with Crippen molar-refractivity contribution in [3.8, 4) is 0 Å². The molecule has 2 aromatic rings. The van der Waals surface area contributed by atoms with Gasteiger partial charge in [0.05, 0.1) is 11.4 Å². The number of benzene rings is 2. The molecule has 1 heterocycles. The Kier molecular flexibility index (Phi) is 6.59. The average molecular weight is 416 g/mol. The molecule has 2 aromatic carbocycles. The number of anilines is 1. The molecule has 0 bridgehead atoms. The molecule has 0 saturated carbocycles. The van der Waals surface area contributed by atoms with Gasteiger partial charge < -0.3 is 9.80 Å². The van der Waals surface area contributed by atoms with Crippen molar-refractivity contribution >= 4 is 21.6 Å². The van der Waals surface area contributed by atoms with E-state index in [1.165, 1.54) is 21.1 Å². The largest absolute Gasteiger partial charge is 0.368 e. The van der Waals surface area contributed by atoms with Gasteiger partial charge in [0.1, 0.15) is 0 Å². The summed E-state index contributed by atoms with van der Waals surface area (Å²) in [5.41, 5.74) is 3.73. The van der Waals surface area contributed by atoms with E-state index in [0.717, 1.165) is 13.1 Å². The van der Waals surface area contributed by atoms with E-state index in [-0.39, 0.29) is 23.9 Å². The van der Waals surface area contributed by atoms with Crippen molar-refractivity contribution in [3.63, 3.8) is 0 Å². The number of hydrogen-bond acceptors (Lipinski definition) is 4. The van der Waals surface area contributed by atoms with Gasteiger partial charge >= 0.3 is 0 Å². The molecule has 0 atom stereocenters. The number of piperazine rings is 1. The maximum atomic E-state index is 12.8. The summed E-state index contributed by atoms with van der Waals surface area (Å²) in [6.07, 6.45) is 0. The molecule has 0 spiro atoms. The predicted octanol–water partition coefficient (Wildman–Crippen LogP) is 2.66. The minimum absolute atomic E-state index is 0.128. The predicted molar refractivity (Wildman–Crippen MR) is 116 cm³/mol. The minimum Gasteiger partial charge on any atom is -0.368 e. The molecule has 1 aliphatic heterocycles. The highest BCUT2D eigenvalue weighted by molar-refractivity contribution is 7.89. The van der Waals surface area contributed by atoms with E-state index in [0.29, 0.717) is 13.1 Å². The van der Waals surface area contributed by atoms with Gasteiger partial charge in [-0.2, -0.15) is 4.31 Å². The van der Waals surface area contributed by atoms with Crippen LogP contribution in [0.3, 0.4) is 0 Å². The summed E-state index contributed by atoms with van der Waals surface area (Å²) in [5.74, 6) is -0.146. The molecular formula is C22H29N3O3S. The van der Waals surface area contributed by atoms with E-state index in [4.69, 9.17) is 0 Å². The minimum atomic E-state index is -3.67. The van der Waals surface area contributed by atoms with Crippen LogP contribution in [0, 0.1) is 13.8 Å². The molecule has 0 radical (unpaired) electrons. The second-order valence-corrected chi connectivity index (χ2v) is 9.27. The number of sulfonamides is 1. The van der Waals surface area contributed by atoms with Crippen molar-refractivity contribution in [2.75, 3.05) is 44.2 Å². The molecule has 0 aliphatic carbocycles. The SMILES string of the molecule is CCN(CC(=O)N1CCN(c2cccc(C)c2C)CC1)S(=O)(=O)c1ccccc1. The van der Waals surface area contributed by atoms with Crippen LogP contribution >= 0.6 is 0 Å². The lowest BCUT2D eigenvalue weighted by atomic mass is 10.1. The van der Waals surface area contributed by atoms with E-state index in [2.05, 4.69) is 36.9 Å². The van der Waals surface area contributed by atoms with Crippen molar-refractivity contribution in [1.82, 2.24) is 9.21 Å². The number of rotatable bonds is 6. The van der Waals surface area contributed by atoms with Crippen molar-refractivity contribution in [1.29, 1.82) is 0 Å². The van der Waals surface area contributed by atoms with Crippen LogP contribution < -0.4 is 4.90 Å². The monoisotopic (exact) mass is 415 g/mol. The van der Waals surface area contributed by atoms with Gasteiger partial charge in [-0.25, -0.2) is 8.42 Å². The summed E-state index contributed by atoms with van der Waals surface area (Å²) in [5, 5.41) is 0. The third-order valence-corrected chi connectivity index (χ3v) is 7.53. The highest BCUT2D eigenvalue weighted by atomic mass is 32.2. The molecular weight excluding hydrogens is 386 g/mol. The summed E-state index contributed by atoms with van der Waals surface area (Å²) >= 11 is 0. The Morgan fingerprint density at radius 2 is 1.62 bits per heavy atom. The summed E-state index contributed by atoms with van der Waals surface area (Å²) < 4.78 is 26.9. The fourth-order valence-electron chi connectivity index (χ4n) is 3.63. The van der Waals surface area contributed by atoms with Crippen LogP contribution in [0.1, 0.15) is 18.1 Å². The van der Waals surface area contributed by atoms with Gasteiger partial charge in [-0.05, 0) is 43.2 Å². The second kappa shape index (κ2) is 8.97. The molecule has 1 fully saturated rings. The quantitative estimate of drug-likeness (QED) is 0.728. The molecule has 3 rings (SSSR count). The molecule has 7 heteroatoms. The van der Waals surface area contributed by atoms with Crippen LogP contribution in [0.2, 0.25) is 0 Å². The normalized spacial score (nSPS) is 15.0. The van der Waals surface area contributed by atoms with Crippen LogP contribution in [0.15, 0.2) is 53.4 Å². The third kappa shape index (κ3) is 4.62. The lowest BCUT2D eigenvalue weighted by Crippen LogP contribution is -2.52. The van der Waals surface area contributed by atoms with Gasteiger partial charge in [-0.3, -0.25) is 4.79 Å². The van der Waals surface area contributed by atoms with E-state index in [1.54, 1.807) is 42.2 Å². The van der Waals surface area contributed by atoms with Gasteiger partial charge in [-0.1, -0.05) is 37.3 Å². The van der Waals surface area contributed by atoms with E-state index in [1.807, 2.05) is 0 Å². The van der Waals surface area contributed by atoms with Crippen LogP contribution in [0.5, 0.6) is 0 Å². The molecule has 0 N–H and O–H groups in total. The Bertz CT molecular complexity index is 953. The van der Waals surface area contributed by atoms with Gasteiger partial charge in [-0.15, -0.1) is 0 Å². The maximum Gasteiger partial charge on any atom is 0.243 e. The number of amides is 1. The highest BCUT2D eigenvalue weighted by Gasteiger charge is 2.29. The Morgan fingerprint density at radius 3 is 2.24 bits per heavy atom. The summed E-state index contributed by atoms with van der Waals surface area (Å²) in [6.45, 7) is 8.78. The lowest BCUT2D eigenvalue weighted by Gasteiger charge is -2.37. The highest BCUT2D eigenvalue weighted by Crippen LogP contribution is 2.24. The van der Waals surface area contributed by atoms with Gasteiger partial charge in [0.25, 0.3) is 0 Å². The second-order valence-electron chi connectivity index (χ2n) is 7.33. The first kappa shape index (κ1) is 21.3. The number of carbonyl (C=O) groups is 1. The van der Waals surface area contributed by atoms with Crippen molar-refractivity contribution in [3.05, 3.63) is 59.7 Å². The first-order valence-corrected chi connectivity index (χ1v) is 11.4. The Balaban J connectivity index is 1.64. The lowest BCUT2D eigenvalue weighted by molar-refractivity contribution is -0.131. The molecule has 156 valence electrons. The number of hydrogen-bond donors (Lipinski definition) is 0. The molecule has 1 aliphatic rings. The van der Waals surface area contributed by atoms with E-state index in [9.17, 15) is 13.2 Å². The van der Waals surface area contributed by atoms with Gasteiger partial charge in [0, 0.05) is 38.4 Å². The summed E-state index contributed by atoms with van der Waals surface area (Å²) in [6, 6.07) is 14.6. The van der Waals surface area contributed by atoms with Crippen LogP contribution in [-0.2, 0) is 14.8 Å². The van der Waals surface area contributed by atoms with Gasteiger partial charge in [0.15, 0.2) is 0 Å². The van der Waals surface area contributed by atoms with E-state index < -0.39 is 10.0 Å². The number of likely N-dealkylation sites (N-methyl/N-ethyl adjacent to an activating group) is 1. The van der Waals surface area contributed by atoms with Crippen LogP contribution in [0.25, 0.3) is 0 Å². The van der Waals surface area contributed by atoms with Crippen molar-refractivity contribution in [2.45, 2.75) is 25.7 Å². The van der Waals surface area contributed by atoms with E-state index >= 15 is 0 Å². The van der Waals surface area contributed by atoms with Gasteiger partial charge in [0.2, 0.25) is 15.9 Å². The standard InChI is InChI=1S/C22H29N3O3S/c1-4-25(29(27,28)20-10-6-5-7-11-20)17-22(26)24-15-13-23(14-16-24)21-12-8-9-18(2)19(21)3/h5-12H,4,13-17H2,1-3H3. The smallest absolute Gasteiger partial charge is 0.243 e. The maximum absolute atomic E-state index is 12.8. The first-order chi connectivity index (χ1) is 13.8. The molecule has 6 nitrogen and oxygen atoms in total. The zero-order valence-corrected chi connectivity index (χ0v) is 18.2. The topological polar surface area (TPSA) is 60.9 Å². The van der Waals surface area contributed by atoms with Crippen LogP contribution in [-0.4, -0.2) is 62.8 Å². The molecule has 1 amide bonds. The summed E-state index contributed by atoms with van der Waals surface area (Å²) in [4.78, 5) is 17.1. The number of aryl methyl sites for hydroxylation is 1. The van der Waals surface area contributed by atoms with Crippen LogP contribution in [0.4, 0.5) is 5.69 Å². The number of carbonyl (C=O) groups excluding carboxylic acids is 1. The zero-order valence-electron chi connectivity index (χ0n) is 17.3. The molecule has 0 unspecified atom stereocenters. The number of nitrogens with zero attached hydrogens (tertiary/aromatic N) is 3. The Hall–Kier alpha value is -2.38. The molecule has 0 aromatic heterocycles. The first-order valence-electron chi connectivity index (χ1n) is 9.98. The Labute approximate surface area is 173 Å². The molecule has 1 saturated heterocycles. The summed E-state index contributed by atoms with van der Waals surface area (Å²) in [7, 11) is -3.67. The zero-order chi connectivity index (χ0) is 21.0. The Morgan fingerprint density at radius 1 is 0.966 bits per heavy atom. The van der Waals surface area contributed by atoms with Crippen molar-refractivity contribution in [2.24, 2.45) is 0 Å². The fourth-order valence-corrected chi connectivity index (χ4v) is 5.05. The fraction of sp³-hybridized carbons (Fsp3) is 0.409. The molecule has 29 heavy (non-hydrogen) atoms. The average Bonchev–Trinajstić information content (AvgIpc) is 2.74. The third-order valence-electron chi connectivity index (χ3n) is 5.59. The van der Waals surface area contributed by atoms with Crippen molar-refractivity contribution < 1.29 is 13.2 Å².